The van der Waals surface area contributed by atoms with Crippen molar-refractivity contribution in [1.29, 1.82) is 0 Å². The van der Waals surface area contributed by atoms with E-state index in [2.05, 4.69) is 5.10 Å². The number of rotatable bonds is 8. The van der Waals surface area contributed by atoms with Crippen LogP contribution in [0.5, 0.6) is 11.5 Å². The van der Waals surface area contributed by atoms with E-state index in [9.17, 15) is 30.7 Å². The van der Waals surface area contributed by atoms with E-state index in [1.807, 2.05) is 22.6 Å². The van der Waals surface area contributed by atoms with Gasteiger partial charge in [-0.1, -0.05) is 0 Å². The Bertz CT molecular complexity index is 651. The quantitative estimate of drug-likeness (QED) is 0.183. The number of hydrogen-bond donors (Lipinski definition) is 1. The number of nitrogens with zero attached hydrogens (tertiary/aromatic N) is 1. The summed E-state index contributed by atoms with van der Waals surface area (Å²) in [6.07, 6.45) is -5.77. The Hall–Kier alpha value is -1.47. The first-order valence-electron chi connectivity index (χ1n) is 7.09. The van der Waals surface area contributed by atoms with Gasteiger partial charge in [0.1, 0.15) is 0 Å². The highest BCUT2D eigenvalue weighted by molar-refractivity contribution is 14.1. The summed E-state index contributed by atoms with van der Waals surface area (Å²) in [5, 5.41) is 2.81. The minimum Gasteiger partial charge on any atom is -0.490 e. The summed E-state index contributed by atoms with van der Waals surface area (Å²) in [6, 6.07) is -2.90. The van der Waals surface area contributed by atoms with Gasteiger partial charge in [-0.2, -0.15) is 35.8 Å². The van der Waals surface area contributed by atoms with Crippen LogP contribution in [0.1, 0.15) is 19.4 Å². The van der Waals surface area contributed by atoms with Crippen molar-refractivity contribution in [3.8, 4) is 11.5 Å². The third kappa shape index (κ3) is 5.04. The van der Waals surface area contributed by atoms with Crippen LogP contribution in [0.4, 0.5) is 30.7 Å². The van der Waals surface area contributed by atoms with E-state index < -0.39 is 18.1 Å². The highest BCUT2D eigenvalue weighted by atomic mass is 127. The number of nitrogens with one attached hydrogen (secondary N) is 1. The fourth-order valence-corrected chi connectivity index (χ4v) is 2.43. The molecule has 0 fully saturated rings. The first-order chi connectivity index (χ1) is 11.9. The van der Waals surface area contributed by atoms with Gasteiger partial charge in [0.15, 0.2) is 11.5 Å². The van der Waals surface area contributed by atoms with Gasteiger partial charge < -0.3 is 9.47 Å². The van der Waals surface area contributed by atoms with Gasteiger partial charge in [-0.15, -0.1) is 0 Å². The van der Waals surface area contributed by atoms with Crippen LogP contribution in [0.15, 0.2) is 17.2 Å². The van der Waals surface area contributed by atoms with Gasteiger partial charge in [0.05, 0.1) is 23.0 Å². The first-order valence-corrected chi connectivity index (χ1v) is 8.17. The fourth-order valence-electron chi connectivity index (χ4n) is 1.65. The third-order valence-electron chi connectivity index (χ3n) is 2.79. The van der Waals surface area contributed by atoms with Crippen LogP contribution in [-0.2, 0) is 0 Å². The molecule has 0 atom stereocenters. The zero-order chi connectivity index (χ0) is 20.2. The Morgan fingerprint density at radius 1 is 1.04 bits per heavy atom. The van der Waals surface area contributed by atoms with Gasteiger partial charge in [-0.3, -0.25) is 0 Å². The SMILES string of the molecule is CCOc1cc(/C=N\NC(F)(F)C(F)(F)C(F)(F)F)cc(I)c1OCC. The molecule has 0 unspecified atom stereocenters. The predicted molar refractivity (Wildman–Crippen MR) is 88.2 cm³/mol. The molecule has 0 radical (unpaired) electrons. The molecule has 4 nitrogen and oxygen atoms in total. The Morgan fingerprint density at radius 3 is 2.12 bits per heavy atom. The van der Waals surface area contributed by atoms with Gasteiger partial charge in [-0.25, -0.2) is 5.43 Å². The molecule has 0 amide bonds. The number of halogens is 8. The number of benzene rings is 1. The van der Waals surface area contributed by atoms with Gasteiger partial charge in [0.2, 0.25) is 0 Å². The molecule has 0 spiro atoms. The molecule has 0 aromatic heterocycles. The maximum atomic E-state index is 13.1. The minimum atomic E-state index is -6.43. The van der Waals surface area contributed by atoms with Crippen LogP contribution in [0.25, 0.3) is 0 Å². The van der Waals surface area contributed by atoms with Gasteiger partial charge in [-0.05, 0) is 54.1 Å². The lowest BCUT2D eigenvalue weighted by Crippen LogP contribution is -2.58. The van der Waals surface area contributed by atoms with Crippen molar-refractivity contribution in [2.24, 2.45) is 5.10 Å². The molecule has 0 saturated carbocycles. The lowest BCUT2D eigenvalue weighted by Gasteiger charge is -2.27. The van der Waals surface area contributed by atoms with E-state index in [-0.39, 0.29) is 17.9 Å². The molecule has 0 aliphatic rings. The molecule has 12 heteroatoms. The molecule has 1 aromatic rings. The largest absolute Gasteiger partial charge is 0.490 e. The third-order valence-corrected chi connectivity index (χ3v) is 3.59. The van der Waals surface area contributed by atoms with E-state index in [1.54, 1.807) is 13.8 Å². The minimum absolute atomic E-state index is 0.125. The molecule has 0 aliphatic heterocycles. The van der Waals surface area contributed by atoms with Crippen LogP contribution in [0.3, 0.4) is 0 Å². The standard InChI is InChI=1S/C14H14F7IN2O2/c1-3-25-10-6-8(5-9(22)11(10)26-4-2)7-23-24-14(20,21)12(15,16)13(17,18)19/h5-7,24H,3-4H2,1-2H3/b23-7-. The number of hydrazone groups is 1. The number of hydrogen-bond acceptors (Lipinski definition) is 4. The molecule has 0 saturated heterocycles. The molecular formula is C14H14F7IN2O2. The summed E-state index contributed by atoms with van der Waals surface area (Å²) in [4.78, 5) is 0. The summed E-state index contributed by atoms with van der Waals surface area (Å²) in [5.74, 6) is -5.66. The first kappa shape index (κ1) is 22.6. The van der Waals surface area contributed by atoms with Gasteiger partial charge in [0.25, 0.3) is 0 Å². The normalized spacial score (nSPS) is 13.2. The van der Waals surface area contributed by atoms with Crippen molar-refractivity contribution in [2.45, 2.75) is 32.0 Å². The molecule has 0 heterocycles. The number of ether oxygens (including phenoxy) is 2. The monoisotopic (exact) mass is 502 g/mol. The summed E-state index contributed by atoms with van der Waals surface area (Å²) in [7, 11) is 0. The fraction of sp³-hybridized carbons (Fsp3) is 0.500. The van der Waals surface area contributed by atoms with Crippen molar-refractivity contribution in [3.05, 3.63) is 21.3 Å². The average Bonchev–Trinajstić information content (AvgIpc) is 2.49. The Labute approximate surface area is 157 Å². The molecule has 1 N–H and O–H groups in total. The summed E-state index contributed by atoms with van der Waals surface area (Å²) in [6.45, 7) is 3.99. The van der Waals surface area contributed by atoms with Crippen molar-refractivity contribution >= 4 is 28.8 Å². The summed E-state index contributed by atoms with van der Waals surface area (Å²) >= 11 is 1.86. The molecule has 1 aromatic carbocycles. The van der Waals surface area contributed by atoms with Gasteiger partial charge >= 0.3 is 18.1 Å². The van der Waals surface area contributed by atoms with Crippen molar-refractivity contribution in [2.75, 3.05) is 13.2 Å². The average molecular weight is 502 g/mol. The second kappa shape index (κ2) is 8.48. The maximum Gasteiger partial charge on any atom is 0.462 e. The topological polar surface area (TPSA) is 42.8 Å². The summed E-state index contributed by atoms with van der Waals surface area (Å²) in [5.41, 5.74) is 0.682. The van der Waals surface area contributed by atoms with Crippen LogP contribution >= 0.6 is 22.6 Å². The van der Waals surface area contributed by atoms with Gasteiger partial charge in [0, 0.05) is 0 Å². The number of alkyl halides is 7. The second-order valence-electron chi connectivity index (χ2n) is 4.71. The molecular weight excluding hydrogens is 488 g/mol. The van der Waals surface area contributed by atoms with Crippen molar-refractivity contribution in [1.82, 2.24) is 5.43 Å². The summed E-state index contributed by atoms with van der Waals surface area (Å²) < 4.78 is 99.0. The Balaban J connectivity index is 3.05. The van der Waals surface area contributed by atoms with E-state index in [1.165, 1.54) is 12.1 Å². The van der Waals surface area contributed by atoms with Crippen molar-refractivity contribution < 1.29 is 40.2 Å². The predicted octanol–water partition coefficient (Wildman–Crippen LogP) is 4.80. The zero-order valence-corrected chi connectivity index (χ0v) is 15.6. The highest BCUT2D eigenvalue weighted by Gasteiger charge is 2.73. The van der Waals surface area contributed by atoms with E-state index in [4.69, 9.17) is 9.47 Å². The van der Waals surface area contributed by atoms with Crippen LogP contribution in [0, 0.1) is 3.57 Å². The smallest absolute Gasteiger partial charge is 0.462 e. The van der Waals surface area contributed by atoms with Crippen LogP contribution < -0.4 is 14.9 Å². The van der Waals surface area contributed by atoms with E-state index in [0.717, 1.165) is 0 Å². The second-order valence-corrected chi connectivity index (χ2v) is 5.87. The van der Waals surface area contributed by atoms with E-state index >= 15 is 0 Å². The van der Waals surface area contributed by atoms with Crippen LogP contribution in [0.2, 0.25) is 0 Å². The lowest BCUT2D eigenvalue weighted by molar-refractivity contribution is -0.361. The molecule has 0 aliphatic carbocycles. The lowest BCUT2D eigenvalue weighted by atomic mass is 10.2. The van der Waals surface area contributed by atoms with E-state index in [0.29, 0.717) is 27.6 Å². The van der Waals surface area contributed by atoms with Crippen molar-refractivity contribution in [3.63, 3.8) is 0 Å². The molecule has 148 valence electrons. The maximum absolute atomic E-state index is 13.1. The molecule has 0 bridgehead atoms. The molecule has 1 rings (SSSR count). The van der Waals surface area contributed by atoms with Crippen LogP contribution in [-0.4, -0.2) is 37.6 Å². The highest BCUT2D eigenvalue weighted by Crippen LogP contribution is 2.45. The molecule has 26 heavy (non-hydrogen) atoms. The Kier molecular flexibility index (Phi) is 7.36. The zero-order valence-electron chi connectivity index (χ0n) is 13.4. The Morgan fingerprint density at radius 2 is 1.62 bits per heavy atom.